The summed E-state index contributed by atoms with van der Waals surface area (Å²) < 4.78 is 68.0. The lowest BCUT2D eigenvalue weighted by Crippen LogP contribution is -2.30. The number of phosphoric ester groups is 2. The number of hydrogen-bond donors (Lipinski definition) is 3. The van der Waals surface area contributed by atoms with Crippen molar-refractivity contribution >= 4 is 39.5 Å². The first-order valence-electron chi connectivity index (χ1n) is 34.1. The summed E-state index contributed by atoms with van der Waals surface area (Å²) in [6.45, 7) is 7.10. The molecule has 0 aliphatic carbocycles. The van der Waals surface area contributed by atoms with Gasteiger partial charge in [-0.1, -0.05) is 279 Å². The van der Waals surface area contributed by atoms with E-state index in [1.807, 2.05) is 0 Å². The second-order valence-electron chi connectivity index (χ2n) is 24.0. The van der Waals surface area contributed by atoms with Crippen molar-refractivity contribution in [1.29, 1.82) is 0 Å². The van der Waals surface area contributed by atoms with Crippen molar-refractivity contribution in [3.8, 4) is 0 Å². The van der Waals surface area contributed by atoms with E-state index in [2.05, 4.69) is 34.6 Å². The normalized spacial score (nSPS) is 14.2. The Hall–Kier alpha value is -1.94. The number of carbonyl (C=O) groups excluding carboxylic acids is 4. The van der Waals surface area contributed by atoms with Crippen LogP contribution in [0.25, 0.3) is 0 Å². The molecule has 0 amide bonds. The molecule has 3 N–H and O–H groups in total. The van der Waals surface area contributed by atoms with E-state index in [4.69, 9.17) is 37.0 Å². The molecule has 0 aromatic heterocycles. The third-order valence-electron chi connectivity index (χ3n) is 15.0. The zero-order chi connectivity index (χ0) is 62.0. The van der Waals surface area contributed by atoms with Crippen molar-refractivity contribution in [1.82, 2.24) is 0 Å². The predicted octanol–water partition coefficient (Wildman–Crippen LogP) is 18.2. The van der Waals surface area contributed by atoms with Crippen LogP contribution in [0.5, 0.6) is 0 Å². The molecule has 0 heterocycles. The molecule has 0 saturated heterocycles. The molecular formula is C65H126O17P2. The van der Waals surface area contributed by atoms with Crippen LogP contribution in [0.1, 0.15) is 330 Å². The van der Waals surface area contributed by atoms with Crippen LogP contribution in [0.3, 0.4) is 0 Å². The fourth-order valence-electron chi connectivity index (χ4n) is 9.76. The minimum absolute atomic E-state index is 0.102. The molecule has 0 bridgehead atoms. The number of aliphatic hydroxyl groups excluding tert-OH is 1. The van der Waals surface area contributed by atoms with E-state index in [0.29, 0.717) is 31.6 Å². The summed E-state index contributed by atoms with van der Waals surface area (Å²) in [5.74, 6) is -1.46. The second-order valence-corrected chi connectivity index (χ2v) is 26.9. The molecule has 0 rings (SSSR count). The maximum Gasteiger partial charge on any atom is 0.472 e. The van der Waals surface area contributed by atoms with Gasteiger partial charge in [0.05, 0.1) is 26.4 Å². The highest BCUT2D eigenvalue weighted by atomic mass is 31.2. The number of aliphatic hydroxyl groups is 1. The third-order valence-corrected chi connectivity index (χ3v) is 16.9. The summed E-state index contributed by atoms with van der Waals surface area (Å²) in [6.07, 6.45) is 43.1. The van der Waals surface area contributed by atoms with Crippen molar-refractivity contribution in [3.63, 3.8) is 0 Å². The number of hydrogen-bond acceptors (Lipinski definition) is 15. The molecule has 0 aliphatic heterocycles. The van der Waals surface area contributed by atoms with Crippen LogP contribution >= 0.6 is 15.6 Å². The van der Waals surface area contributed by atoms with E-state index in [1.54, 1.807) is 0 Å². The fourth-order valence-corrected chi connectivity index (χ4v) is 11.3. The van der Waals surface area contributed by atoms with Crippen LogP contribution in [-0.4, -0.2) is 96.7 Å². The van der Waals surface area contributed by atoms with Gasteiger partial charge in [0.1, 0.15) is 19.3 Å². The first-order valence-corrected chi connectivity index (χ1v) is 37.1. The smallest absolute Gasteiger partial charge is 0.462 e. The van der Waals surface area contributed by atoms with Gasteiger partial charge in [-0.15, -0.1) is 0 Å². The Kier molecular flexibility index (Phi) is 57.4. The SMILES string of the molecule is CCCCCCCCCCCCCCCC(=O)OC[C@H](COP(=O)(O)OC[C@@H](O)COP(=O)(O)OC[C@@H](COC(=O)CCCCCCCCCCC)OC(=O)CCCCCCCCC(C)C)OC(=O)CCCCCCCCCCCCCCC. The van der Waals surface area contributed by atoms with Gasteiger partial charge in [-0.2, -0.15) is 0 Å². The average molecular weight is 1240 g/mol. The molecule has 0 fully saturated rings. The van der Waals surface area contributed by atoms with Gasteiger partial charge in [0.15, 0.2) is 12.2 Å². The van der Waals surface area contributed by atoms with Gasteiger partial charge in [0.25, 0.3) is 0 Å². The number of rotatable bonds is 65. The first kappa shape index (κ1) is 82.1. The number of esters is 4. The van der Waals surface area contributed by atoms with Gasteiger partial charge >= 0.3 is 39.5 Å². The van der Waals surface area contributed by atoms with Gasteiger partial charge in [-0.3, -0.25) is 37.3 Å². The van der Waals surface area contributed by atoms with E-state index < -0.39 is 97.5 Å². The Morgan fingerprint density at radius 2 is 0.548 bits per heavy atom. The van der Waals surface area contributed by atoms with Gasteiger partial charge in [-0.05, 0) is 31.6 Å². The molecule has 0 saturated carbocycles. The van der Waals surface area contributed by atoms with Gasteiger partial charge in [0, 0.05) is 25.7 Å². The van der Waals surface area contributed by atoms with E-state index in [9.17, 15) is 43.2 Å². The highest BCUT2D eigenvalue weighted by molar-refractivity contribution is 7.47. The van der Waals surface area contributed by atoms with Crippen molar-refractivity contribution < 1.29 is 80.2 Å². The number of phosphoric acid groups is 2. The number of carbonyl (C=O) groups is 4. The summed E-state index contributed by atoms with van der Waals surface area (Å²) in [5.41, 5.74) is 0. The molecule has 0 aromatic carbocycles. The standard InChI is InChI=1S/C65H126O17P2/c1-6-9-12-15-18-21-23-25-27-30-33-39-44-49-63(68)76-54-60(81-64(69)50-45-40-34-31-28-26-24-22-19-16-13-10-7-2)56-79-83(71,72)77-52-59(66)53-78-84(73,74)80-57-61(82-65(70)51-46-41-36-35-37-42-47-58(4)5)55-75-62(67)48-43-38-32-29-20-17-14-11-8-3/h58-61,66H,6-57H2,1-5H3,(H,71,72)(H,73,74)/t59-,60-,61-/m1/s1. The van der Waals surface area contributed by atoms with Crippen molar-refractivity contribution in [2.75, 3.05) is 39.6 Å². The molecular weight excluding hydrogens is 1110 g/mol. The molecule has 19 heteroatoms. The van der Waals surface area contributed by atoms with Gasteiger partial charge < -0.3 is 33.8 Å². The maximum absolute atomic E-state index is 13.0. The Morgan fingerprint density at radius 1 is 0.321 bits per heavy atom. The summed E-state index contributed by atoms with van der Waals surface area (Å²) >= 11 is 0. The van der Waals surface area contributed by atoms with E-state index >= 15 is 0 Å². The monoisotopic (exact) mass is 1240 g/mol. The van der Waals surface area contributed by atoms with Crippen molar-refractivity contribution in [2.24, 2.45) is 5.92 Å². The maximum atomic E-state index is 13.0. The Bertz CT molecular complexity index is 1640. The first-order chi connectivity index (χ1) is 40.5. The Labute approximate surface area is 511 Å². The number of ether oxygens (including phenoxy) is 4. The summed E-state index contributed by atoms with van der Waals surface area (Å²) in [7, 11) is -9.88. The van der Waals surface area contributed by atoms with E-state index in [-0.39, 0.29) is 25.7 Å². The summed E-state index contributed by atoms with van der Waals surface area (Å²) in [5, 5.41) is 10.5. The highest BCUT2D eigenvalue weighted by Crippen LogP contribution is 2.45. The fraction of sp³-hybridized carbons (Fsp3) is 0.938. The topological polar surface area (TPSA) is 237 Å². The molecule has 17 nitrogen and oxygen atoms in total. The van der Waals surface area contributed by atoms with E-state index in [0.717, 1.165) is 89.9 Å². The molecule has 498 valence electrons. The average Bonchev–Trinajstić information content (AvgIpc) is 3.57. The lowest BCUT2D eigenvalue weighted by atomic mass is 10.0. The van der Waals surface area contributed by atoms with Crippen LogP contribution in [0.2, 0.25) is 0 Å². The molecule has 0 spiro atoms. The highest BCUT2D eigenvalue weighted by Gasteiger charge is 2.30. The number of unbranched alkanes of at least 4 members (excludes halogenated alkanes) is 37. The third kappa shape index (κ3) is 59.0. The molecule has 84 heavy (non-hydrogen) atoms. The molecule has 5 atom stereocenters. The van der Waals surface area contributed by atoms with Gasteiger partial charge in [0.2, 0.25) is 0 Å². The van der Waals surface area contributed by atoms with Crippen LogP contribution in [0.15, 0.2) is 0 Å². The minimum atomic E-state index is -4.94. The van der Waals surface area contributed by atoms with Crippen molar-refractivity contribution in [2.45, 2.75) is 348 Å². The zero-order valence-corrected chi connectivity index (χ0v) is 55.8. The summed E-state index contributed by atoms with van der Waals surface area (Å²) in [4.78, 5) is 72.2. The van der Waals surface area contributed by atoms with E-state index in [1.165, 1.54) is 154 Å². The van der Waals surface area contributed by atoms with Crippen LogP contribution in [0, 0.1) is 5.92 Å². The Balaban J connectivity index is 5.22. The molecule has 0 aliphatic rings. The minimum Gasteiger partial charge on any atom is -0.462 e. The van der Waals surface area contributed by atoms with Crippen molar-refractivity contribution in [3.05, 3.63) is 0 Å². The molecule has 2 unspecified atom stereocenters. The largest absolute Gasteiger partial charge is 0.472 e. The van der Waals surface area contributed by atoms with Crippen LogP contribution in [0.4, 0.5) is 0 Å². The predicted molar refractivity (Wildman–Crippen MR) is 335 cm³/mol. The molecule has 0 aromatic rings. The lowest BCUT2D eigenvalue weighted by Gasteiger charge is -2.21. The lowest BCUT2D eigenvalue weighted by molar-refractivity contribution is -0.161. The second kappa shape index (κ2) is 58.7. The Morgan fingerprint density at radius 3 is 0.810 bits per heavy atom. The molecule has 0 radical (unpaired) electrons. The van der Waals surface area contributed by atoms with Gasteiger partial charge in [-0.25, -0.2) is 9.13 Å². The van der Waals surface area contributed by atoms with Crippen LogP contribution in [-0.2, 0) is 65.4 Å². The summed E-state index contributed by atoms with van der Waals surface area (Å²) in [6, 6.07) is 0. The zero-order valence-electron chi connectivity index (χ0n) is 54.0. The van der Waals surface area contributed by atoms with Crippen LogP contribution < -0.4 is 0 Å². The quantitative estimate of drug-likeness (QED) is 0.0222.